The van der Waals surface area contributed by atoms with Crippen LogP contribution in [0.3, 0.4) is 0 Å². The van der Waals surface area contributed by atoms with Gasteiger partial charge in [-0.1, -0.05) is 12.5 Å². The molecule has 2 fully saturated rings. The molecule has 0 aromatic carbocycles. The second-order valence-corrected chi connectivity index (χ2v) is 8.07. The van der Waals surface area contributed by atoms with Crippen LogP contribution >= 0.6 is 0 Å². The minimum atomic E-state index is -3.58. The summed E-state index contributed by atoms with van der Waals surface area (Å²) in [7, 11) is -3.58. The third-order valence-electron chi connectivity index (χ3n) is 5.03. The molecule has 2 bridgehead atoms. The summed E-state index contributed by atoms with van der Waals surface area (Å²) in [6, 6.07) is 2.98. The van der Waals surface area contributed by atoms with Crippen LogP contribution in [0.15, 0.2) is 23.4 Å². The minimum Gasteiger partial charge on any atom is -0.392 e. The predicted molar refractivity (Wildman–Crippen MR) is 78.9 cm³/mol. The number of fused-ring (bicyclic) bond motifs is 2. The fourth-order valence-electron chi connectivity index (χ4n) is 3.96. The lowest BCUT2D eigenvalue weighted by molar-refractivity contribution is 0.279. The zero-order valence-corrected chi connectivity index (χ0v) is 13.0. The first-order chi connectivity index (χ1) is 9.99. The van der Waals surface area contributed by atoms with Crippen molar-refractivity contribution >= 4 is 10.0 Å². The zero-order chi connectivity index (χ0) is 15.0. The summed E-state index contributed by atoms with van der Waals surface area (Å²) in [5.74, 6) is 1.93. The Hall–Kier alpha value is -0.980. The molecule has 5 nitrogen and oxygen atoms in total. The van der Waals surface area contributed by atoms with E-state index in [1.807, 2.05) is 6.92 Å². The normalized spacial score (nSPS) is 29.7. The monoisotopic (exact) mass is 310 g/mol. The zero-order valence-electron chi connectivity index (χ0n) is 12.2. The molecular weight excluding hydrogens is 288 g/mol. The molecule has 2 aliphatic rings. The highest BCUT2D eigenvalue weighted by molar-refractivity contribution is 7.89. The molecule has 0 saturated heterocycles. The van der Waals surface area contributed by atoms with E-state index in [9.17, 15) is 8.42 Å². The van der Waals surface area contributed by atoms with Crippen molar-refractivity contribution in [2.45, 2.75) is 50.3 Å². The molecule has 4 atom stereocenters. The van der Waals surface area contributed by atoms with Gasteiger partial charge in [-0.3, -0.25) is 0 Å². The fourth-order valence-corrected chi connectivity index (χ4v) is 5.19. The first-order valence-corrected chi connectivity index (χ1v) is 9.06. The highest BCUT2D eigenvalue weighted by Gasteiger charge is 2.42. The predicted octanol–water partition coefficient (Wildman–Crippen LogP) is 1.68. The van der Waals surface area contributed by atoms with Gasteiger partial charge in [0, 0.05) is 12.2 Å². The molecule has 0 radical (unpaired) electrons. The van der Waals surface area contributed by atoms with Crippen LogP contribution in [0.25, 0.3) is 0 Å². The molecule has 1 aromatic heterocycles. The molecule has 4 unspecified atom stereocenters. The standard InChI is InChI=1S/C15H22N2O3S/c1-10(14-7-11-2-4-13(14)6-11)17-21(19,20)15-5-3-12(9-18)8-16-15/h3,5,8,10-11,13-14,17-18H,2,4,6-7,9H2,1H3. The Morgan fingerprint density at radius 1 is 1.38 bits per heavy atom. The van der Waals surface area contributed by atoms with Crippen molar-refractivity contribution in [1.29, 1.82) is 0 Å². The molecule has 1 heterocycles. The summed E-state index contributed by atoms with van der Waals surface area (Å²) in [5, 5.41) is 9.00. The Labute approximate surface area is 125 Å². The van der Waals surface area contributed by atoms with Crippen molar-refractivity contribution in [3.8, 4) is 0 Å². The Kier molecular flexibility index (Phi) is 4.03. The third kappa shape index (κ3) is 2.98. The third-order valence-corrected chi connectivity index (χ3v) is 6.51. The summed E-state index contributed by atoms with van der Waals surface area (Å²) in [5.41, 5.74) is 0.607. The van der Waals surface area contributed by atoms with Crippen LogP contribution in [0.4, 0.5) is 0 Å². The topological polar surface area (TPSA) is 79.3 Å². The van der Waals surface area contributed by atoms with Gasteiger partial charge < -0.3 is 5.11 Å². The van der Waals surface area contributed by atoms with Crippen molar-refractivity contribution < 1.29 is 13.5 Å². The van der Waals surface area contributed by atoms with Gasteiger partial charge in [-0.25, -0.2) is 18.1 Å². The van der Waals surface area contributed by atoms with E-state index in [1.165, 1.54) is 31.5 Å². The van der Waals surface area contributed by atoms with E-state index >= 15 is 0 Å². The van der Waals surface area contributed by atoms with E-state index < -0.39 is 10.0 Å². The van der Waals surface area contributed by atoms with Crippen molar-refractivity contribution in [2.24, 2.45) is 17.8 Å². The highest BCUT2D eigenvalue weighted by atomic mass is 32.2. The number of hydrogen-bond donors (Lipinski definition) is 2. The lowest BCUT2D eigenvalue weighted by Gasteiger charge is -2.28. The van der Waals surface area contributed by atoms with Gasteiger partial charge in [0.25, 0.3) is 10.0 Å². The van der Waals surface area contributed by atoms with Crippen LogP contribution in [0, 0.1) is 17.8 Å². The number of nitrogens with zero attached hydrogens (tertiary/aromatic N) is 1. The van der Waals surface area contributed by atoms with Gasteiger partial charge in [0.15, 0.2) is 5.03 Å². The molecule has 2 aliphatic carbocycles. The summed E-state index contributed by atoms with van der Waals surface area (Å²) < 4.78 is 27.5. The molecular formula is C15H22N2O3S. The summed E-state index contributed by atoms with van der Waals surface area (Å²) in [6.45, 7) is 1.83. The van der Waals surface area contributed by atoms with Crippen LogP contribution in [0.1, 0.15) is 38.2 Å². The highest BCUT2D eigenvalue weighted by Crippen LogP contribution is 2.49. The SMILES string of the molecule is CC(NS(=O)(=O)c1ccc(CO)cn1)C1CC2CCC1C2. The van der Waals surface area contributed by atoms with E-state index in [0.717, 1.165) is 12.3 Å². The maximum absolute atomic E-state index is 12.4. The molecule has 2 N–H and O–H groups in total. The van der Waals surface area contributed by atoms with Gasteiger partial charge in [-0.05, 0) is 55.6 Å². The second kappa shape index (κ2) is 5.66. The Balaban J connectivity index is 1.70. The lowest BCUT2D eigenvalue weighted by atomic mass is 9.84. The maximum Gasteiger partial charge on any atom is 0.258 e. The number of rotatable bonds is 5. The molecule has 2 saturated carbocycles. The molecule has 6 heteroatoms. The van der Waals surface area contributed by atoms with Crippen LogP contribution in [0.5, 0.6) is 0 Å². The van der Waals surface area contributed by atoms with E-state index in [0.29, 0.717) is 17.4 Å². The first kappa shape index (κ1) is 14.9. The van der Waals surface area contributed by atoms with Crippen molar-refractivity contribution in [2.75, 3.05) is 0 Å². The average molecular weight is 310 g/mol. The molecule has 1 aromatic rings. The Bertz CT molecular complexity index is 600. The quantitative estimate of drug-likeness (QED) is 0.867. The number of sulfonamides is 1. The second-order valence-electron chi connectivity index (χ2n) is 6.41. The van der Waals surface area contributed by atoms with Gasteiger partial charge in [0.1, 0.15) is 0 Å². The molecule has 0 spiro atoms. The molecule has 0 amide bonds. The van der Waals surface area contributed by atoms with Crippen LogP contribution in [0.2, 0.25) is 0 Å². The largest absolute Gasteiger partial charge is 0.392 e. The van der Waals surface area contributed by atoms with E-state index in [4.69, 9.17) is 5.11 Å². The molecule has 116 valence electrons. The average Bonchev–Trinajstić information content (AvgIpc) is 3.09. The minimum absolute atomic E-state index is 0.0229. The van der Waals surface area contributed by atoms with Crippen LogP contribution < -0.4 is 4.72 Å². The molecule has 3 rings (SSSR count). The van der Waals surface area contributed by atoms with Gasteiger partial charge in [0.2, 0.25) is 0 Å². The van der Waals surface area contributed by atoms with Crippen molar-refractivity contribution in [3.05, 3.63) is 23.9 Å². The Morgan fingerprint density at radius 2 is 2.19 bits per heavy atom. The smallest absolute Gasteiger partial charge is 0.258 e. The van der Waals surface area contributed by atoms with E-state index in [1.54, 1.807) is 6.07 Å². The fraction of sp³-hybridized carbons (Fsp3) is 0.667. The Morgan fingerprint density at radius 3 is 2.71 bits per heavy atom. The van der Waals surface area contributed by atoms with Crippen molar-refractivity contribution in [1.82, 2.24) is 9.71 Å². The van der Waals surface area contributed by atoms with Crippen LogP contribution in [-0.4, -0.2) is 24.6 Å². The number of aliphatic hydroxyl groups is 1. The number of pyridine rings is 1. The number of hydrogen-bond acceptors (Lipinski definition) is 4. The number of aromatic nitrogens is 1. The summed E-state index contributed by atoms with van der Waals surface area (Å²) in [6.07, 6.45) is 6.36. The lowest BCUT2D eigenvalue weighted by Crippen LogP contribution is -2.40. The first-order valence-electron chi connectivity index (χ1n) is 7.57. The molecule has 21 heavy (non-hydrogen) atoms. The number of aliphatic hydroxyl groups excluding tert-OH is 1. The number of nitrogens with one attached hydrogen (secondary N) is 1. The summed E-state index contributed by atoms with van der Waals surface area (Å²) in [4.78, 5) is 3.94. The van der Waals surface area contributed by atoms with E-state index in [2.05, 4.69) is 9.71 Å². The van der Waals surface area contributed by atoms with Gasteiger partial charge >= 0.3 is 0 Å². The molecule has 0 aliphatic heterocycles. The maximum atomic E-state index is 12.4. The van der Waals surface area contributed by atoms with E-state index in [-0.39, 0.29) is 17.7 Å². The van der Waals surface area contributed by atoms with Gasteiger partial charge in [0.05, 0.1) is 6.61 Å². The van der Waals surface area contributed by atoms with Gasteiger partial charge in [-0.2, -0.15) is 0 Å². The van der Waals surface area contributed by atoms with Crippen LogP contribution in [-0.2, 0) is 16.6 Å². The van der Waals surface area contributed by atoms with Gasteiger partial charge in [-0.15, -0.1) is 0 Å². The summed E-state index contributed by atoms with van der Waals surface area (Å²) >= 11 is 0. The van der Waals surface area contributed by atoms with Crippen molar-refractivity contribution in [3.63, 3.8) is 0 Å².